The molecule has 0 spiro atoms. The van der Waals surface area contributed by atoms with Crippen LogP contribution in [0.25, 0.3) is 0 Å². The third-order valence-corrected chi connectivity index (χ3v) is 2.46. The minimum atomic E-state index is -4.85. The van der Waals surface area contributed by atoms with Crippen LogP contribution < -0.4 is 34.9 Å². The van der Waals surface area contributed by atoms with Crippen molar-refractivity contribution in [3.63, 3.8) is 0 Å². The van der Waals surface area contributed by atoms with Crippen LogP contribution in [-0.2, 0) is 14.6 Å². The molecule has 0 aliphatic heterocycles. The van der Waals surface area contributed by atoms with Crippen molar-refractivity contribution in [1.82, 2.24) is 5.32 Å². The number of benzene rings is 1. The second-order valence-electron chi connectivity index (χ2n) is 3.30. The first-order valence-corrected chi connectivity index (χ1v) is 5.97. The van der Waals surface area contributed by atoms with Gasteiger partial charge in [0.2, 0.25) is 10.4 Å². The first kappa shape index (κ1) is 17.6. The molecule has 0 bridgehead atoms. The Hall–Kier alpha value is -0.350. The molecule has 1 unspecified atom stereocenters. The molecule has 0 aromatic heterocycles. The Morgan fingerprint density at radius 1 is 1.39 bits per heavy atom. The summed E-state index contributed by atoms with van der Waals surface area (Å²) in [6, 6.07) is 3.65. The third-order valence-electron chi connectivity index (χ3n) is 1.99. The maximum absolute atomic E-state index is 10.5. The molecule has 96 valence electrons. The van der Waals surface area contributed by atoms with E-state index in [4.69, 9.17) is 5.11 Å². The van der Waals surface area contributed by atoms with Crippen LogP contribution in [0.15, 0.2) is 18.2 Å². The SMILES string of the molecule is CNCC(OS(=O)(=O)[O-])c1ccc(O)c(O)c1.[Na+]. The third kappa shape index (κ3) is 5.53. The Labute approximate surface area is 127 Å². The molecule has 3 N–H and O–H groups in total. The van der Waals surface area contributed by atoms with Crippen molar-refractivity contribution in [2.75, 3.05) is 13.6 Å². The smallest absolute Gasteiger partial charge is 0.726 e. The van der Waals surface area contributed by atoms with Gasteiger partial charge < -0.3 is 20.1 Å². The molecule has 0 amide bonds. The van der Waals surface area contributed by atoms with Gasteiger partial charge >= 0.3 is 29.6 Å². The molecule has 9 heteroatoms. The second-order valence-corrected chi connectivity index (χ2v) is 4.31. The van der Waals surface area contributed by atoms with Crippen LogP contribution in [0.4, 0.5) is 0 Å². The average molecular weight is 285 g/mol. The summed E-state index contributed by atoms with van der Waals surface area (Å²) in [6.07, 6.45) is -1.06. The van der Waals surface area contributed by atoms with Gasteiger partial charge in [0.05, 0.1) is 0 Å². The van der Waals surface area contributed by atoms with Gasteiger partial charge in [0, 0.05) is 6.54 Å². The van der Waals surface area contributed by atoms with Crippen LogP contribution in [0.5, 0.6) is 11.5 Å². The predicted octanol–water partition coefficient (Wildman–Crippen LogP) is -3.16. The Morgan fingerprint density at radius 3 is 2.44 bits per heavy atom. The quantitative estimate of drug-likeness (QED) is 0.226. The van der Waals surface area contributed by atoms with Crippen molar-refractivity contribution >= 4 is 10.4 Å². The Bertz CT molecular complexity index is 492. The second kappa shape index (κ2) is 7.29. The fraction of sp³-hybridized carbons (Fsp3) is 0.333. The molecule has 0 aliphatic rings. The van der Waals surface area contributed by atoms with E-state index < -0.39 is 22.3 Å². The maximum Gasteiger partial charge on any atom is 1.00 e. The average Bonchev–Trinajstić information content (AvgIpc) is 2.19. The van der Waals surface area contributed by atoms with E-state index in [2.05, 4.69) is 9.50 Å². The van der Waals surface area contributed by atoms with E-state index in [0.717, 1.165) is 6.07 Å². The zero-order chi connectivity index (χ0) is 13.1. The van der Waals surface area contributed by atoms with Crippen molar-refractivity contribution in [3.05, 3.63) is 23.8 Å². The molecule has 1 rings (SSSR count). The van der Waals surface area contributed by atoms with Crippen molar-refractivity contribution in [2.45, 2.75) is 6.10 Å². The largest absolute Gasteiger partial charge is 1.00 e. The van der Waals surface area contributed by atoms with E-state index in [1.807, 2.05) is 0 Å². The molecule has 1 aromatic carbocycles. The standard InChI is InChI=1S/C9H13NO6S.Na/c1-10-5-9(16-17(13,14)15)6-2-3-7(11)8(12)4-6;/h2-4,9-12H,5H2,1H3,(H,13,14,15);/q;+1/p-1. The maximum atomic E-state index is 10.5. The molecule has 7 nitrogen and oxygen atoms in total. The summed E-state index contributed by atoms with van der Waals surface area (Å²) in [5.74, 6) is -0.766. The first-order chi connectivity index (χ1) is 7.83. The van der Waals surface area contributed by atoms with Gasteiger partial charge in [-0.3, -0.25) is 4.18 Å². The van der Waals surface area contributed by atoms with Crippen molar-refractivity contribution in [3.8, 4) is 11.5 Å². The molecule has 0 saturated heterocycles. The van der Waals surface area contributed by atoms with E-state index in [-0.39, 0.29) is 47.4 Å². The summed E-state index contributed by atoms with van der Waals surface area (Å²) in [7, 11) is -3.30. The van der Waals surface area contributed by atoms with Crippen LogP contribution >= 0.6 is 0 Å². The molecule has 0 radical (unpaired) electrons. The van der Waals surface area contributed by atoms with Crippen LogP contribution in [0, 0.1) is 0 Å². The number of aromatic hydroxyl groups is 2. The summed E-state index contributed by atoms with van der Waals surface area (Å²) in [6.45, 7) is 0.0612. The van der Waals surface area contributed by atoms with Gasteiger partial charge in [-0.2, -0.15) is 0 Å². The van der Waals surface area contributed by atoms with Gasteiger partial charge in [0.25, 0.3) is 0 Å². The van der Waals surface area contributed by atoms with E-state index in [0.29, 0.717) is 0 Å². The van der Waals surface area contributed by atoms with Gasteiger partial charge in [-0.15, -0.1) is 0 Å². The van der Waals surface area contributed by atoms with Gasteiger partial charge in [-0.05, 0) is 24.7 Å². The molecular weight excluding hydrogens is 273 g/mol. The normalized spacial score (nSPS) is 12.8. The monoisotopic (exact) mass is 285 g/mol. The Kier molecular flexibility index (Phi) is 7.15. The first-order valence-electron chi connectivity index (χ1n) is 4.64. The van der Waals surface area contributed by atoms with Gasteiger partial charge in [0.1, 0.15) is 6.10 Å². The number of hydrogen-bond acceptors (Lipinski definition) is 7. The van der Waals surface area contributed by atoms with Crippen LogP contribution in [-0.4, -0.2) is 36.8 Å². The number of hydrogen-bond donors (Lipinski definition) is 3. The predicted molar refractivity (Wildman–Crippen MR) is 57.2 cm³/mol. The Balaban J connectivity index is 0.00000289. The Morgan fingerprint density at radius 2 is 2.00 bits per heavy atom. The van der Waals surface area contributed by atoms with Crippen LogP contribution in [0.1, 0.15) is 11.7 Å². The number of likely N-dealkylation sites (N-methyl/N-ethyl adjacent to an activating group) is 1. The van der Waals surface area contributed by atoms with E-state index in [9.17, 15) is 18.1 Å². The van der Waals surface area contributed by atoms with Gasteiger partial charge in [-0.1, -0.05) is 6.07 Å². The van der Waals surface area contributed by atoms with Gasteiger partial charge in [-0.25, -0.2) is 8.42 Å². The number of phenolic OH excluding ortho intramolecular Hbond substituents is 2. The van der Waals surface area contributed by atoms with Crippen LogP contribution in [0.2, 0.25) is 0 Å². The minimum absolute atomic E-state index is 0. The zero-order valence-corrected chi connectivity index (χ0v) is 12.8. The summed E-state index contributed by atoms with van der Waals surface area (Å²) in [5, 5.41) is 21.0. The molecule has 0 saturated carbocycles. The molecule has 18 heavy (non-hydrogen) atoms. The molecule has 1 atom stereocenters. The van der Waals surface area contributed by atoms with E-state index >= 15 is 0 Å². The topological polar surface area (TPSA) is 119 Å². The minimum Gasteiger partial charge on any atom is -0.726 e. The van der Waals surface area contributed by atoms with Gasteiger partial charge in [0.15, 0.2) is 11.5 Å². The summed E-state index contributed by atoms with van der Waals surface area (Å²) < 4.78 is 35.9. The molecule has 0 aliphatic carbocycles. The van der Waals surface area contributed by atoms with E-state index in [1.165, 1.54) is 12.1 Å². The fourth-order valence-electron chi connectivity index (χ4n) is 1.28. The molecule has 1 aromatic rings. The number of nitrogens with one attached hydrogen (secondary N) is 1. The molecule has 0 heterocycles. The number of rotatable bonds is 5. The zero-order valence-electron chi connectivity index (χ0n) is 9.95. The molecule has 0 fully saturated rings. The summed E-state index contributed by atoms with van der Waals surface area (Å²) in [4.78, 5) is 0. The number of phenols is 2. The summed E-state index contributed by atoms with van der Waals surface area (Å²) >= 11 is 0. The summed E-state index contributed by atoms with van der Waals surface area (Å²) in [5.41, 5.74) is 0.258. The van der Waals surface area contributed by atoms with Crippen molar-refractivity contribution in [2.24, 2.45) is 0 Å². The molecular formula is C9H12NNaO6S. The van der Waals surface area contributed by atoms with Crippen LogP contribution in [0.3, 0.4) is 0 Å². The fourth-order valence-corrected chi connectivity index (χ4v) is 1.74. The van der Waals surface area contributed by atoms with Crippen molar-refractivity contribution in [1.29, 1.82) is 0 Å². The van der Waals surface area contributed by atoms with E-state index in [1.54, 1.807) is 7.05 Å². The van der Waals surface area contributed by atoms with Crippen molar-refractivity contribution < 1.29 is 56.9 Å².